The average molecular weight is 426 g/mol. The van der Waals surface area contributed by atoms with Crippen LogP contribution in [0.4, 0.5) is 0 Å². The molecule has 0 fully saturated rings. The van der Waals surface area contributed by atoms with E-state index in [2.05, 4.69) is 5.32 Å². The smallest absolute Gasteiger partial charge is 0.121 e. The molecule has 1 atom stereocenters. The number of aryl methyl sites for hydroxylation is 1. The summed E-state index contributed by atoms with van der Waals surface area (Å²) in [6.45, 7) is -8.25. The summed E-state index contributed by atoms with van der Waals surface area (Å²) in [5.41, 5.74) is -0.322. The minimum atomic E-state index is -3.22. The molecule has 2 rings (SSSR count). The van der Waals surface area contributed by atoms with Crippen LogP contribution in [0.3, 0.4) is 0 Å². The summed E-state index contributed by atoms with van der Waals surface area (Å²) in [6, 6.07) is 6.98. The first-order chi connectivity index (χ1) is 18.5. The molecule has 4 N–H and O–H groups in total. The molecule has 0 bridgehead atoms. The van der Waals surface area contributed by atoms with E-state index in [4.69, 9.17) is 18.4 Å². The first-order valence-corrected chi connectivity index (χ1v) is 10.1. The summed E-state index contributed by atoms with van der Waals surface area (Å²) in [4.78, 5) is 0. The highest BCUT2D eigenvalue weighted by Crippen LogP contribution is 2.22. The van der Waals surface area contributed by atoms with Crippen LogP contribution in [0.1, 0.15) is 75.0 Å². The lowest BCUT2D eigenvalue weighted by Gasteiger charge is -2.14. The maximum atomic E-state index is 10.7. The van der Waals surface area contributed by atoms with Crippen LogP contribution in [0, 0.1) is 0 Å². The van der Waals surface area contributed by atoms with Gasteiger partial charge < -0.3 is 25.4 Å². The van der Waals surface area contributed by atoms with E-state index >= 15 is 0 Å². The second kappa shape index (κ2) is 15.0. The van der Waals surface area contributed by atoms with Gasteiger partial charge in [-0.05, 0) is 61.9 Å². The highest BCUT2D eigenvalue weighted by atomic mass is 16.5. The van der Waals surface area contributed by atoms with Crippen LogP contribution in [0.5, 0.6) is 5.75 Å². The minimum absolute atomic E-state index is 0.0268. The Hall–Kier alpha value is -1.92. The third-order valence-corrected chi connectivity index (χ3v) is 4.28. The van der Waals surface area contributed by atoms with E-state index in [0.717, 1.165) is 5.56 Å². The fraction of sp³-hybridized carbons (Fsp3) is 0.520. The number of aliphatic hydroxyl groups is 2. The minimum Gasteiger partial charge on any atom is -0.508 e. The van der Waals surface area contributed by atoms with Gasteiger partial charge in [0.1, 0.15) is 5.75 Å². The van der Waals surface area contributed by atoms with Gasteiger partial charge in [0.15, 0.2) is 0 Å². The number of rotatable bonds is 16. The monoisotopic (exact) mass is 425 g/mol. The number of phenols is 1. The summed E-state index contributed by atoms with van der Waals surface area (Å²) in [5, 5.41) is 32.3. The third-order valence-electron chi connectivity index (χ3n) is 4.28. The standard InChI is InChI=1S/C25H37NO4/c27-20-23-18-22(13-14-24(23)28)25(29)19-26-15-7-1-2-8-16-30-17-9-6-12-21-10-4-3-5-11-21/h3-5,10-11,13-14,18,25-29H,1-2,6-9,12,15-17,19-20H2/i13D,14D,16D2,17D2,18D,19D2,25D. The zero-order chi connectivity index (χ0) is 30.4. The molecule has 0 aliphatic carbocycles. The largest absolute Gasteiger partial charge is 0.508 e. The second-order valence-corrected chi connectivity index (χ2v) is 6.68. The number of ether oxygens (including phenoxy) is 1. The zero-order valence-corrected chi connectivity index (χ0v) is 17.0. The van der Waals surface area contributed by atoms with Gasteiger partial charge in [0.25, 0.3) is 0 Å². The zero-order valence-electron chi connectivity index (χ0n) is 27.0. The summed E-state index contributed by atoms with van der Waals surface area (Å²) < 4.78 is 85.5. The number of aromatic hydroxyl groups is 1. The van der Waals surface area contributed by atoms with Gasteiger partial charge in [0, 0.05) is 27.9 Å². The van der Waals surface area contributed by atoms with Gasteiger partial charge in [-0.15, -0.1) is 0 Å². The van der Waals surface area contributed by atoms with Crippen LogP contribution in [-0.4, -0.2) is 41.5 Å². The maximum absolute atomic E-state index is 10.7. The lowest BCUT2D eigenvalue weighted by atomic mass is 10.1. The Morgan fingerprint density at radius 1 is 1.03 bits per heavy atom. The molecule has 0 saturated heterocycles. The Labute approximate surface area is 194 Å². The van der Waals surface area contributed by atoms with E-state index in [1.165, 1.54) is 0 Å². The quantitative estimate of drug-likeness (QED) is 0.304. The Morgan fingerprint density at radius 2 is 1.77 bits per heavy atom. The van der Waals surface area contributed by atoms with Crippen molar-refractivity contribution in [1.82, 2.24) is 5.32 Å². The van der Waals surface area contributed by atoms with E-state index in [9.17, 15) is 15.3 Å². The molecule has 2 aromatic rings. The Kier molecular flexibility index (Phi) is 6.73. The number of benzene rings is 2. The number of hydrogen-bond acceptors (Lipinski definition) is 5. The molecular weight excluding hydrogens is 378 g/mol. The Balaban J connectivity index is 1.85. The molecule has 0 heterocycles. The predicted molar refractivity (Wildman–Crippen MR) is 121 cm³/mol. The maximum Gasteiger partial charge on any atom is 0.121 e. The molecular formula is C25H37NO4. The van der Waals surface area contributed by atoms with Crippen LogP contribution in [-0.2, 0) is 17.8 Å². The summed E-state index contributed by atoms with van der Waals surface area (Å²) in [5.74, 6) is -0.852. The molecule has 0 amide bonds. The number of hydrogen-bond donors (Lipinski definition) is 4. The van der Waals surface area contributed by atoms with Crippen LogP contribution in [0.25, 0.3) is 0 Å². The highest BCUT2D eigenvalue weighted by molar-refractivity contribution is 5.36. The number of nitrogens with one attached hydrogen (secondary N) is 1. The fourth-order valence-corrected chi connectivity index (χ4v) is 2.63. The van der Waals surface area contributed by atoms with Gasteiger partial charge in [0.05, 0.1) is 23.7 Å². The SMILES string of the molecule is [2H]c1c([2H])c(C([2H])(O)C([2H])([2H])NCCCCCC([2H])([2H])OC([2H])([2H])CCCc2ccccc2)c([2H])c(CO)c1O. The van der Waals surface area contributed by atoms with Crippen LogP contribution >= 0.6 is 0 Å². The van der Waals surface area contributed by atoms with Crippen molar-refractivity contribution >= 4 is 0 Å². The highest BCUT2D eigenvalue weighted by Gasteiger charge is 2.09. The van der Waals surface area contributed by atoms with Crippen LogP contribution in [0.15, 0.2) is 48.5 Å². The number of aliphatic hydroxyl groups excluding tert-OH is 1. The third kappa shape index (κ3) is 9.72. The van der Waals surface area contributed by atoms with E-state index < -0.39 is 67.3 Å². The molecule has 0 spiro atoms. The van der Waals surface area contributed by atoms with Crippen molar-refractivity contribution in [3.63, 3.8) is 0 Å². The molecule has 166 valence electrons. The van der Waals surface area contributed by atoms with E-state index in [0.29, 0.717) is 19.3 Å². The van der Waals surface area contributed by atoms with Crippen molar-refractivity contribution in [3.05, 3.63) is 65.1 Å². The summed E-state index contributed by atoms with van der Waals surface area (Å²) in [6.07, 6.45) is -1.19. The van der Waals surface area contributed by atoms with E-state index in [1.807, 2.05) is 30.3 Å². The average Bonchev–Trinajstić information content (AvgIpc) is 2.84. The van der Waals surface area contributed by atoms with E-state index in [-0.39, 0.29) is 32.2 Å². The van der Waals surface area contributed by atoms with Crippen molar-refractivity contribution < 1.29 is 33.8 Å². The van der Waals surface area contributed by atoms with Crippen molar-refractivity contribution in [2.45, 2.75) is 57.6 Å². The van der Waals surface area contributed by atoms with Gasteiger partial charge in [-0.2, -0.15) is 0 Å². The van der Waals surface area contributed by atoms with Gasteiger partial charge in [-0.1, -0.05) is 49.2 Å². The molecule has 0 aromatic heterocycles. The van der Waals surface area contributed by atoms with Gasteiger partial charge in [0.2, 0.25) is 0 Å². The molecule has 0 aliphatic rings. The molecule has 5 heteroatoms. The second-order valence-electron chi connectivity index (χ2n) is 6.68. The molecule has 0 aliphatic heterocycles. The molecule has 0 radical (unpaired) electrons. The molecule has 1 unspecified atom stereocenters. The van der Waals surface area contributed by atoms with E-state index in [1.54, 1.807) is 0 Å². The van der Waals surface area contributed by atoms with Crippen molar-refractivity contribution in [2.75, 3.05) is 26.2 Å². The van der Waals surface area contributed by atoms with Crippen molar-refractivity contribution in [3.8, 4) is 5.75 Å². The van der Waals surface area contributed by atoms with Crippen LogP contribution < -0.4 is 5.32 Å². The molecule has 30 heavy (non-hydrogen) atoms. The Morgan fingerprint density at radius 3 is 2.53 bits per heavy atom. The molecule has 2 aromatic carbocycles. The van der Waals surface area contributed by atoms with Crippen molar-refractivity contribution in [2.24, 2.45) is 0 Å². The van der Waals surface area contributed by atoms with Gasteiger partial charge >= 0.3 is 0 Å². The van der Waals surface area contributed by atoms with Crippen molar-refractivity contribution in [1.29, 1.82) is 0 Å². The topological polar surface area (TPSA) is 82.0 Å². The van der Waals surface area contributed by atoms with Gasteiger partial charge in [-0.25, -0.2) is 0 Å². The number of unbranched alkanes of at least 4 members (excludes halogenated alkanes) is 2. The first-order valence-electron chi connectivity index (χ1n) is 15.1. The van der Waals surface area contributed by atoms with Crippen LogP contribution in [0.2, 0.25) is 0 Å². The summed E-state index contributed by atoms with van der Waals surface area (Å²) in [7, 11) is 0. The summed E-state index contributed by atoms with van der Waals surface area (Å²) >= 11 is 0. The fourth-order valence-electron chi connectivity index (χ4n) is 2.63. The Bertz CT molecular complexity index is 1120. The van der Waals surface area contributed by atoms with Gasteiger partial charge in [-0.3, -0.25) is 0 Å². The normalized spacial score (nSPS) is 19.5. The molecule has 0 saturated carbocycles. The molecule has 5 nitrogen and oxygen atoms in total. The predicted octanol–water partition coefficient (Wildman–Crippen LogP) is 4.11. The first kappa shape index (κ1) is 13.5. The lowest BCUT2D eigenvalue weighted by Crippen LogP contribution is -2.22. The lowest BCUT2D eigenvalue weighted by molar-refractivity contribution is 0.126.